The van der Waals surface area contributed by atoms with E-state index < -0.39 is 0 Å². The minimum Gasteiger partial charge on any atom is -0.288 e. The maximum Gasteiger partial charge on any atom is 0.204 e. The van der Waals surface area contributed by atoms with Gasteiger partial charge in [-0.2, -0.15) is 0 Å². The molecule has 0 amide bonds. The predicted octanol–water partition coefficient (Wildman–Crippen LogP) is 5.49. The van der Waals surface area contributed by atoms with Gasteiger partial charge in [-0.25, -0.2) is 4.39 Å². The van der Waals surface area contributed by atoms with Crippen LogP contribution in [0.15, 0.2) is 42.5 Å². The number of carbonyl (C=O) groups excluding carboxylic acids is 1. The van der Waals surface area contributed by atoms with Crippen molar-refractivity contribution in [2.75, 3.05) is 0 Å². The van der Waals surface area contributed by atoms with Crippen LogP contribution in [0.4, 0.5) is 4.39 Å². The van der Waals surface area contributed by atoms with Crippen LogP contribution in [0.2, 0.25) is 5.02 Å². The second kappa shape index (κ2) is 5.58. The average Bonchev–Trinajstić information content (AvgIpc) is 2.82. The van der Waals surface area contributed by atoms with E-state index in [0.717, 1.165) is 17.4 Å². The Kier molecular flexibility index (Phi) is 3.79. The molecule has 0 aliphatic heterocycles. The van der Waals surface area contributed by atoms with Gasteiger partial charge < -0.3 is 0 Å². The number of hydrogen-bond donors (Lipinski definition) is 0. The van der Waals surface area contributed by atoms with Gasteiger partial charge in [0.2, 0.25) is 5.78 Å². The van der Waals surface area contributed by atoms with E-state index in [4.69, 9.17) is 11.6 Å². The zero-order chi connectivity index (χ0) is 15.0. The van der Waals surface area contributed by atoms with Crippen LogP contribution < -0.4 is 0 Å². The molecule has 0 N–H and O–H groups in total. The van der Waals surface area contributed by atoms with Gasteiger partial charge in [0, 0.05) is 15.6 Å². The molecule has 106 valence electrons. The summed E-state index contributed by atoms with van der Waals surface area (Å²) in [6.45, 7) is 2.01. The van der Waals surface area contributed by atoms with Crippen molar-refractivity contribution in [1.29, 1.82) is 0 Å². The average molecular weight is 319 g/mol. The zero-order valence-corrected chi connectivity index (χ0v) is 12.9. The van der Waals surface area contributed by atoms with Crippen molar-refractivity contribution in [2.24, 2.45) is 0 Å². The van der Waals surface area contributed by atoms with Crippen LogP contribution in [0.25, 0.3) is 10.1 Å². The quantitative estimate of drug-likeness (QED) is 0.584. The summed E-state index contributed by atoms with van der Waals surface area (Å²) in [5.41, 5.74) is 1.65. The topological polar surface area (TPSA) is 17.1 Å². The lowest BCUT2D eigenvalue weighted by Gasteiger charge is -2.05. The van der Waals surface area contributed by atoms with Crippen LogP contribution in [0, 0.1) is 5.82 Å². The molecule has 3 rings (SSSR count). The standard InChI is InChI=1S/C17H12ClFOS/c1-2-10-5-3-4-6-12(10)16(20)17-15(18)13-8-7-11(19)9-14(13)21-17/h3-9H,2H2,1H3. The molecular formula is C17H12ClFOS. The van der Waals surface area contributed by atoms with Gasteiger partial charge in [-0.05, 0) is 30.2 Å². The lowest BCUT2D eigenvalue weighted by molar-refractivity contribution is 0.104. The summed E-state index contributed by atoms with van der Waals surface area (Å²) in [5, 5.41) is 1.13. The highest BCUT2D eigenvalue weighted by Gasteiger charge is 2.20. The van der Waals surface area contributed by atoms with Crippen molar-refractivity contribution in [2.45, 2.75) is 13.3 Å². The number of carbonyl (C=O) groups is 1. The fourth-order valence-electron chi connectivity index (χ4n) is 2.36. The molecule has 0 fully saturated rings. The highest BCUT2D eigenvalue weighted by molar-refractivity contribution is 7.21. The summed E-state index contributed by atoms with van der Waals surface area (Å²) in [7, 11) is 0. The van der Waals surface area contributed by atoms with Crippen molar-refractivity contribution < 1.29 is 9.18 Å². The largest absolute Gasteiger partial charge is 0.288 e. The second-order valence-corrected chi connectivity index (χ2v) is 6.16. The van der Waals surface area contributed by atoms with E-state index in [9.17, 15) is 9.18 Å². The fraction of sp³-hybridized carbons (Fsp3) is 0.118. The monoisotopic (exact) mass is 318 g/mol. The van der Waals surface area contributed by atoms with Gasteiger partial charge in [0.1, 0.15) is 5.82 Å². The van der Waals surface area contributed by atoms with E-state index in [1.165, 1.54) is 23.5 Å². The minimum absolute atomic E-state index is 0.0981. The van der Waals surface area contributed by atoms with Crippen LogP contribution in [-0.4, -0.2) is 5.78 Å². The van der Waals surface area contributed by atoms with Crippen molar-refractivity contribution in [3.8, 4) is 0 Å². The Hall–Kier alpha value is -1.71. The Morgan fingerprint density at radius 1 is 1.24 bits per heavy atom. The molecule has 0 atom stereocenters. The Bertz CT molecular complexity index is 838. The number of benzene rings is 2. The second-order valence-electron chi connectivity index (χ2n) is 4.73. The summed E-state index contributed by atoms with van der Waals surface area (Å²) < 4.78 is 14.0. The van der Waals surface area contributed by atoms with E-state index >= 15 is 0 Å². The van der Waals surface area contributed by atoms with Crippen LogP contribution in [0.3, 0.4) is 0 Å². The van der Waals surface area contributed by atoms with E-state index in [1.807, 2.05) is 31.2 Å². The number of fused-ring (bicyclic) bond motifs is 1. The number of rotatable bonds is 3. The third-order valence-electron chi connectivity index (χ3n) is 3.44. The molecule has 2 aromatic carbocycles. The molecule has 0 saturated carbocycles. The van der Waals surface area contributed by atoms with Crippen LogP contribution in [0.1, 0.15) is 27.7 Å². The first kappa shape index (κ1) is 14.2. The molecule has 21 heavy (non-hydrogen) atoms. The molecule has 0 unspecified atom stereocenters. The summed E-state index contributed by atoms with van der Waals surface area (Å²) in [4.78, 5) is 13.2. The number of thiophene rings is 1. The third kappa shape index (κ3) is 2.47. The van der Waals surface area contributed by atoms with E-state index in [0.29, 0.717) is 20.2 Å². The summed E-state index contributed by atoms with van der Waals surface area (Å²) in [5.74, 6) is -0.424. The van der Waals surface area contributed by atoms with Crippen molar-refractivity contribution in [3.05, 3.63) is 69.3 Å². The maximum atomic E-state index is 13.3. The summed E-state index contributed by atoms with van der Waals surface area (Å²) in [6, 6.07) is 11.9. The molecule has 4 heteroatoms. The van der Waals surface area contributed by atoms with E-state index in [-0.39, 0.29) is 11.6 Å². The Morgan fingerprint density at radius 2 is 2.00 bits per heavy atom. The Balaban J connectivity index is 2.16. The summed E-state index contributed by atoms with van der Waals surface area (Å²) in [6.07, 6.45) is 0.777. The highest BCUT2D eigenvalue weighted by Crippen LogP contribution is 2.37. The lowest BCUT2D eigenvalue weighted by Crippen LogP contribution is -2.03. The Morgan fingerprint density at radius 3 is 2.76 bits per heavy atom. The van der Waals surface area contributed by atoms with Gasteiger partial charge in [-0.1, -0.05) is 42.8 Å². The molecule has 1 aromatic heterocycles. The first-order valence-electron chi connectivity index (χ1n) is 6.62. The van der Waals surface area contributed by atoms with Gasteiger partial charge in [0.05, 0.1) is 9.90 Å². The molecular weight excluding hydrogens is 307 g/mol. The molecule has 0 aliphatic rings. The Labute approximate surface area is 131 Å². The van der Waals surface area contributed by atoms with E-state index in [2.05, 4.69) is 0 Å². The summed E-state index contributed by atoms with van der Waals surface area (Å²) >= 11 is 7.56. The van der Waals surface area contributed by atoms with Crippen LogP contribution in [0.5, 0.6) is 0 Å². The maximum absolute atomic E-state index is 13.3. The van der Waals surface area contributed by atoms with Crippen molar-refractivity contribution >= 4 is 38.8 Å². The first-order valence-corrected chi connectivity index (χ1v) is 7.81. The number of halogens is 2. The minimum atomic E-state index is -0.326. The molecule has 0 aliphatic carbocycles. The van der Waals surface area contributed by atoms with Gasteiger partial charge in [0.15, 0.2) is 0 Å². The predicted molar refractivity (Wildman–Crippen MR) is 86.0 cm³/mol. The van der Waals surface area contributed by atoms with Crippen LogP contribution in [-0.2, 0) is 6.42 Å². The van der Waals surface area contributed by atoms with Gasteiger partial charge in [-0.3, -0.25) is 4.79 Å². The van der Waals surface area contributed by atoms with E-state index in [1.54, 1.807) is 6.07 Å². The van der Waals surface area contributed by atoms with Gasteiger partial charge >= 0.3 is 0 Å². The zero-order valence-electron chi connectivity index (χ0n) is 11.3. The highest BCUT2D eigenvalue weighted by atomic mass is 35.5. The van der Waals surface area contributed by atoms with Crippen molar-refractivity contribution in [1.82, 2.24) is 0 Å². The normalized spacial score (nSPS) is 11.0. The number of aryl methyl sites for hydroxylation is 1. The number of ketones is 1. The first-order chi connectivity index (χ1) is 10.1. The van der Waals surface area contributed by atoms with Gasteiger partial charge in [-0.15, -0.1) is 11.3 Å². The SMILES string of the molecule is CCc1ccccc1C(=O)c1sc2cc(F)ccc2c1Cl. The third-order valence-corrected chi connectivity index (χ3v) is 5.10. The number of hydrogen-bond acceptors (Lipinski definition) is 2. The van der Waals surface area contributed by atoms with Crippen LogP contribution >= 0.6 is 22.9 Å². The molecule has 0 radical (unpaired) electrons. The fourth-order valence-corrected chi connectivity index (χ4v) is 3.85. The molecule has 1 nitrogen and oxygen atoms in total. The lowest BCUT2D eigenvalue weighted by atomic mass is 10.0. The smallest absolute Gasteiger partial charge is 0.204 e. The molecule has 0 bridgehead atoms. The molecule has 0 saturated heterocycles. The molecule has 1 heterocycles. The molecule has 0 spiro atoms. The van der Waals surface area contributed by atoms with Gasteiger partial charge in [0.25, 0.3) is 0 Å². The molecule has 3 aromatic rings. The van der Waals surface area contributed by atoms with Crippen molar-refractivity contribution in [3.63, 3.8) is 0 Å².